The summed E-state index contributed by atoms with van der Waals surface area (Å²) < 4.78 is 1.58. The fourth-order valence-electron chi connectivity index (χ4n) is 4.13. The number of aromatic amines is 1. The lowest BCUT2D eigenvalue weighted by Crippen LogP contribution is -2.40. The molecular formula is C23H20Cl2N6O2. The van der Waals surface area contributed by atoms with E-state index < -0.39 is 0 Å². The summed E-state index contributed by atoms with van der Waals surface area (Å²) in [6.07, 6.45) is 1.62. The number of piperidine rings is 1. The van der Waals surface area contributed by atoms with E-state index in [0.717, 1.165) is 18.4 Å². The monoisotopic (exact) mass is 482 g/mol. The van der Waals surface area contributed by atoms with Gasteiger partial charge in [-0.05, 0) is 48.7 Å². The molecule has 1 aliphatic rings. The van der Waals surface area contributed by atoms with E-state index in [1.807, 2.05) is 18.2 Å². The van der Waals surface area contributed by atoms with Crippen LogP contribution in [0.3, 0.4) is 0 Å². The van der Waals surface area contributed by atoms with Gasteiger partial charge >= 0.3 is 0 Å². The summed E-state index contributed by atoms with van der Waals surface area (Å²) in [5, 5.41) is 9.32. The Hall–Kier alpha value is -3.23. The van der Waals surface area contributed by atoms with Crippen molar-refractivity contribution in [1.29, 1.82) is 0 Å². The molecule has 5 rings (SSSR count). The van der Waals surface area contributed by atoms with E-state index in [9.17, 15) is 9.59 Å². The molecule has 0 unspecified atom stereocenters. The second-order valence-corrected chi connectivity index (χ2v) is 8.90. The summed E-state index contributed by atoms with van der Waals surface area (Å²) in [6, 6.07) is 14.3. The average molecular weight is 483 g/mol. The van der Waals surface area contributed by atoms with Gasteiger partial charge in [-0.1, -0.05) is 46.6 Å². The molecule has 0 aliphatic carbocycles. The van der Waals surface area contributed by atoms with Crippen LogP contribution in [-0.4, -0.2) is 48.9 Å². The van der Waals surface area contributed by atoms with Crippen molar-refractivity contribution in [3.63, 3.8) is 0 Å². The molecule has 168 valence electrons. The lowest BCUT2D eigenvalue weighted by atomic mass is 9.96. The first-order chi connectivity index (χ1) is 16.0. The minimum Gasteiger partial charge on any atom is -0.338 e. The molecule has 1 atom stereocenters. The van der Waals surface area contributed by atoms with Crippen molar-refractivity contribution in [3.8, 4) is 0 Å². The van der Waals surface area contributed by atoms with E-state index >= 15 is 0 Å². The van der Waals surface area contributed by atoms with Crippen LogP contribution in [0.5, 0.6) is 0 Å². The number of H-pyrrole nitrogens is 1. The lowest BCUT2D eigenvalue weighted by molar-refractivity contribution is 0.0704. The van der Waals surface area contributed by atoms with Crippen molar-refractivity contribution in [2.75, 3.05) is 13.1 Å². The topological polar surface area (TPSA) is 96.8 Å². The van der Waals surface area contributed by atoms with E-state index in [0.29, 0.717) is 46.7 Å². The van der Waals surface area contributed by atoms with Crippen LogP contribution < -0.4 is 5.56 Å². The quantitative estimate of drug-likeness (QED) is 0.475. The zero-order valence-corrected chi connectivity index (χ0v) is 19.1. The summed E-state index contributed by atoms with van der Waals surface area (Å²) in [7, 11) is 0. The van der Waals surface area contributed by atoms with Crippen LogP contribution in [-0.2, 0) is 6.54 Å². The number of carbonyl (C=O) groups is 1. The molecule has 1 N–H and O–H groups in total. The van der Waals surface area contributed by atoms with Gasteiger partial charge in [0.15, 0.2) is 11.2 Å². The third-order valence-corrected chi connectivity index (χ3v) is 6.48. The molecule has 10 heteroatoms. The minimum absolute atomic E-state index is 0.0646. The van der Waals surface area contributed by atoms with Gasteiger partial charge < -0.3 is 9.88 Å². The molecule has 0 bridgehead atoms. The van der Waals surface area contributed by atoms with Crippen molar-refractivity contribution < 1.29 is 4.79 Å². The molecule has 1 amide bonds. The predicted octanol–water partition coefficient (Wildman–Crippen LogP) is 3.89. The van der Waals surface area contributed by atoms with E-state index in [-0.39, 0.29) is 22.9 Å². The highest BCUT2D eigenvalue weighted by atomic mass is 35.5. The fraction of sp³-hybridized carbons (Fsp3) is 0.261. The Bertz CT molecular complexity index is 1380. The van der Waals surface area contributed by atoms with Gasteiger partial charge in [-0.2, -0.15) is 0 Å². The second kappa shape index (κ2) is 8.96. The van der Waals surface area contributed by atoms with Crippen LogP contribution in [0.1, 0.15) is 40.5 Å². The van der Waals surface area contributed by atoms with Crippen molar-refractivity contribution in [2.45, 2.75) is 25.3 Å². The smallest absolute Gasteiger partial charge is 0.281 e. The molecule has 0 saturated carbocycles. The molecule has 1 saturated heterocycles. The van der Waals surface area contributed by atoms with E-state index in [4.69, 9.17) is 28.2 Å². The first kappa shape index (κ1) is 21.6. The highest BCUT2D eigenvalue weighted by molar-refractivity contribution is 6.31. The number of rotatable bonds is 4. The fourth-order valence-corrected chi connectivity index (χ4v) is 4.45. The summed E-state index contributed by atoms with van der Waals surface area (Å²) in [6.45, 7) is 1.45. The Kier molecular flexibility index (Phi) is 5.86. The number of halogens is 2. The number of carbonyl (C=O) groups excluding carboxylic acids is 1. The normalized spacial score (nSPS) is 16.3. The summed E-state index contributed by atoms with van der Waals surface area (Å²) in [4.78, 5) is 35.0. The molecular weight excluding hydrogens is 463 g/mol. The summed E-state index contributed by atoms with van der Waals surface area (Å²) in [5.74, 6) is 0.366. The molecule has 33 heavy (non-hydrogen) atoms. The largest absolute Gasteiger partial charge is 0.338 e. The molecule has 2 aromatic carbocycles. The van der Waals surface area contributed by atoms with Gasteiger partial charge in [-0.25, -0.2) is 9.67 Å². The van der Waals surface area contributed by atoms with Crippen LogP contribution in [0.2, 0.25) is 10.0 Å². The van der Waals surface area contributed by atoms with Crippen molar-refractivity contribution in [2.24, 2.45) is 0 Å². The Labute approximate surface area is 199 Å². The van der Waals surface area contributed by atoms with E-state index in [1.54, 1.807) is 39.9 Å². The Balaban J connectivity index is 1.43. The maximum absolute atomic E-state index is 13.0. The zero-order valence-electron chi connectivity index (χ0n) is 17.5. The van der Waals surface area contributed by atoms with Crippen molar-refractivity contribution in [1.82, 2.24) is 29.9 Å². The van der Waals surface area contributed by atoms with Crippen LogP contribution in [0.15, 0.2) is 53.3 Å². The third-order valence-electron chi connectivity index (χ3n) is 5.86. The van der Waals surface area contributed by atoms with Crippen molar-refractivity contribution >= 4 is 40.3 Å². The lowest BCUT2D eigenvalue weighted by Gasteiger charge is -2.32. The predicted molar refractivity (Wildman–Crippen MR) is 126 cm³/mol. The maximum atomic E-state index is 13.0. The number of aromatic nitrogens is 5. The average Bonchev–Trinajstić information content (AvgIpc) is 3.24. The molecule has 0 spiro atoms. The molecule has 8 nitrogen and oxygen atoms in total. The van der Waals surface area contributed by atoms with Gasteiger partial charge in [-0.3, -0.25) is 9.59 Å². The number of likely N-dealkylation sites (tertiary alicyclic amines) is 1. The highest BCUT2D eigenvalue weighted by Gasteiger charge is 2.28. The number of fused-ring (bicyclic) bond motifs is 1. The minimum atomic E-state index is -0.346. The van der Waals surface area contributed by atoms with Crippen molar-refractivity contribution in [3.05, 3.63) is 85.9 Å². The molecule has 1 fully saturated rings. The molecule has 4 aromatic rings. The van der Waals surface area contributed by atoms with Gasteiger partial charge in [0.2, 0.25) is 0 Å². The first-order valence-electron chi connectivity index (χ1n) is 10.6. The van der Waals surface area contributed by atoms with E-state index in [1.165, 1.54) is 0 Å². The Morgan fingerprint density at radius 1 is 1.12 bits per heavy atom. The molecule has 1 aliphatic heterocycles. The standard InChI is InChI=1S/C23H20Cl2N6O2/c24-17-9-7-14(8-10-17)23(33)30-11-3-5-16(12-30)20-26-21-19(22(32)27-20)28-29-31(21)13-15-4-1-2-6-18(15)25/h1-2,4,6-10,16H,3,5,11-13H2,(H,26,27,32)/t16-/m0/s1. The number of nitrogens with zero attached hydrogens (tertiary/aromatic N) is 5. The Morgan fingerprint density at radius 2 is 1.91 bits per heavy atom. The number of benzene rings is 2. The first-order valence-corrected chi connectivity index (χ1v) is 11.4. The van der Waals surface area contributed by atoms with Gasteiger partial charge in [-0.15, -0.1) is 5.10 Å². The third kappa shape index (κ3) is 4.36. The molecule has 2 aromatic heterocycles. The number of hydrogen-bond donors (Lipinski definition) is 1. The van der Waals surface area contributed by atoms with Crippen LogP contribution in [0.25, 0.3) is 11.2 Å². The second-order valence-electron chi connectivity index (χ2n) is 8.06. The van der Waals surface area contributed by atoms with Gasteiger partial charge in [0.25, 0.3) is 11.5 Å². The highest BCUT2D eigenvalue weighted by Crippen LogP contribution is 2.26. The number of nitrogens with one attached hydrogen (secondary N) is 1. The summed E-state index contributed by atoms with van der Waals surface area (Å²) in [5.41, 5.74) is 1.66. The SMILES string of the molecule is O=C(c1ccc(Cl)cc1)N1CCC[C@H](c2nc3c(nnn3Cc3ccccc3Cl)c(=O)[nH]2)C1. The van der Waals surface area contributed by atoms with E-state index in [2.05, 4.69) is 15.3 Å². The number of hydrogen-bond acceptors (Lipinski definition) is 5. The maximum Gasteiger partial charge on any atom is 0.281 e. The zero-order chi connectivity index (χ0) is 22.9. The summed E-state index contributed by atoms with van der Waals surface area (Å²) >= 11 is 12.2. The number of amides is 1. The van der Waals surface area contributed by atoms with Crippen LogP contribution in [0.4, 0.5) is 0 Å². The van der Waals surface area contributed by atoms with Gasteiger partial charge in [0.05, 0.1) is 6.54 Å². The molecule has 3 heterocycles. The Morgan fingerprint density at radius 3 is 2.70 bits per heavy atom. The van der Waals surface area contributed by atoms with Crippen LogP contribution >= 0.6 is 23.2 Å². The molecule has 0 radical (unpaired) electrons. The van der Waals surface area contributed by atoms with Crippen LogP contribution in [0, 0.1) is 0 Å². The van der Waals surface area contributed by atoms with Gasteiger partial charge in [0, 0.05) is 34.6 Å². The van der Waals surface area contributed by atoms with Gasteiger partial charge in [0.1, 0.15) is 5.82 Å².